The molecule has 0 aliphatic rings. The van der Waals surface area contributed by atoms with Crippen LogP contribution in [-0.4, -0.2) is 11.0 Å². The summed E-state index contributed by atoms with van der Waals surface area (Å²) in [6.07, 6.45) is -1.08. The molecule has 2 aromatic carbocycles. The maximum absolute atomic E-state index is 12.0. The first kappa shape index (κ1) is 18.9. The van der Waals surface area contributed by atoms with Gasteiger partial charge in [-0.05, 0) is 24.3 Å². The molecule has 0 unspecified atom stereocenters. The zero-order valence-electron chi connectivity index (χ0n) is 11.3. The lowest BCUT2D eigenvalue weighted by Crippen LogP contribution is -2.18. The molecular weight excluding hydrogens is 425 g/mol. The summed E-state index contributed by atoms with van der Waals surface area (Å²) in [6, 6.07) is 5.46. The first-order valence-electron chi connectivity index (χ1n) is 5.96. The molecule has 0 saturated carbocycles. The van der Waals surface area contributed by atoms with Crippen molar-refractivity contribution >= 4 is 75.5 Å². The van der Waals surface area contributed by atoms with Gasteiger partial charge in [0.1, 0.15) is 5.02 Å². The highest BCUT2D eigenvalue weighted by atomic mass is 35.5. The van der Waals surface area contributed by atoms with E-state index in [0.29, 0.717) is 5.02 Å². The van der Waals surface area contributed by atoms with Gasteiger partial charge in [0.15, 0.2) is 0 Å². The van der Waals surface area contributed by atoms with Crippen molar-refractivity contribution < 1.29 is 14.5 Å². The molecule has 0 spiro atoms. The largest absolute Gasteiger partial charge is 0.417 e. The van der Waals surface area contributed by atoms with Crippen LogP contribution >= 0.6 is 58.0 Å². The number of nitro benzene ring substituents is 1. The Hall–Kier alpha value is -1.44. The quantitative estimate of drug-likeness (QED) is 0.344. The second-order valence-electron chi connectivity index (χ2n) is 4.23. The second-order valence-corrected chi connectivity index (χ2v) is 6.26. The number of rotatable bonds is 3. The Morgan fingerprint density at radius 3 is 2.33 bits per heavy atom. The average Bonchev–Trinajstić information content (AvgIpc) is 2.48. The highest BCUT2D eigenvalue weighted by Gasteiger charge is 2.28. The SMILES string of the molecule is O=C(Nc1cc(Cl)ccc1Cl)Oc1c(Cl)cc(Cl)c(Cl)c1[N+](=O)[O-]. The average molecular weight is 430 g/mol. The van der Waals surface area contributed by atoms with Crippen LogP contribution in [0.2, 0.25) is 25.1 Å². The Morgan fingerprint density at radius 1 is 1.04 bits per heavy atom. The van der Waals surface area contributed by atoms with Crippen molar-refractivity contribution in [2.75, 3.05) is 5.32 Å². The van der Waals surface area contributed by atoms with Gasteiger partial charge in [-0.15, -0.1) is 0 Å². The fourth-order valence-electron chi connectivity index (χ4n) is 1.65. The number of nitrogens with one attached hydrogen (secondary N) is 1. The van der Waals surface area contributed by atoms with Crippen molar-refractivity contribution in [2.24, 2.45) is 0 Å². The first-order valence-corrected chi connectivity index (χ1v) is 7.85. The number of benzene rings is 2. The van der Waals surface area contributed by atoms with Crippen LogP contribution in [0.15, 0.2) is 24.3 Å². The molecule has 1 N–H and O–H groups in total. The molecule has 0 aromatic heterocycles. The van der Waals surface area contributed by atoms with Gasteiger partial charge in [-0.2, -0.15) is 0 Å². The minimum Gasteiger partial charge on any atom is -0.401 e. The second kappa shape index (κ2) is 7.63. The van der Waals surface area contributed by atoms with Gasteiger partial charge in [-0.25, -0.2) is 4.79 Å². The Balaban J connectivity index is 2.34. The van der Waals surface area contributed by atoms with Crippen LogP contribution in [0.1, 0.15) is 0 Å². The van der Waals surface area contributed by atoms with Crippen LogP contribution in [0.5, 0.6) is 5.75 Å². The zero-order chi connectivity index (χ0) is 18.0. The number of carbonyl (C=O) groups excluding carboxylic acids is 1. The number of ether oxygens (including phenoxy) is 1. The van der Waals surface area contributed by atoms with Gasteiger partial charge >= 0.3 is 11.8 Å². The summed E-state index contributed by atoms with van der Waals surface area (Å²) >= 11 is 29.1. The number of hydrogen-bond donors (Lipinski definition) is 1. The fourth-order valence-corrected chi connectivity index (χ4v) is 2.69. The van der Waals surface area contributed by atoms with Crippen LogP contribution in [-0.2, 0) is 0 Å². The van der Waals surface area contributed by atoms with E-state index in [1.165, 1.54) is 18.2 Å². The number of anilines is 1. The lowest BCUT2D eigenvalue weighted by Gasteiger charge is -2.11. The molecule has 24 heavy (non-hydrogen) atoms. The van der Waals surface area contributed by atoms with E-state index >= 15 is 0 Å². The summed E-state index contributed by atoms with van der Waals surface area (Å²) in [5.41, 5.74) is -0.588. The molecule has 6 nitrogen and oxygen atoms in total. The standard InChI is InChI=1S/C13H5Cl5N2O4/c14-5-1-2-6(15)9(3-5)19-13(21)24-12-8(17)4-7(16)10(18)11(12)20(22)23/h1-4H,(H,19,21). The van der Waals surface area contributed by atoms with E-state index in [4.69, 9.17) is 62.7 Å². The van der Waals surface area contributed by atoms with Gasteiger partial charge in [0, 0.05) is 5.02 Å². The third-order valence-corrected chi connectivity index (χ3v) is 4.27. The Morgan fingerprint density at radius 2 is 1.71 bits per heavy atom. The smallest absolute Gasteiger partial charge is 0.401 e. The summed E-state index contributed by atoms with van der Waals surface area (Å²) in [6.45, 7) is 0. The van der Waals surface area contributed by atoms with Gasteiger partial charge in [0.05, 0.1) is 25.7 Å². The summed E-state index contributed by atoms with van der Waals surface area (Å²) in [4.78, 5) is 22.2. The number of hydrogen-bond acceptors (Lipinski definition) is 4. The van der Waals surface area contributed by atoms with Crippen LogP contribution in [0.4, 0.5) is 16.2 Å². The molecule has 2 aromatic rings. The van der Waals surface area contributed by atoms with Crippen molar-refractivity contribution in [1.82, 2.24) is 0 Å². The van der Waals surface area contributed by atoms with Crippen LogP contribution in [0.25, 0.3) is 0 Å². The first-order chi connectivity index (χ1) is 11.2. The van der Waals surface area contributed by atoms with Crippen molar-refractivity contribution in [3.63, 3.8) is 0 Å². The van der Waals surface area contributed by atoms with Crippen LogP contribution in [0, 0.1) is 10.1 Å². The Kier molecular flexibility index (Phi) is 6.01. The third kappa shape index (κ3) is 4.15. The lowest BCUT2D eigenvalue weighted by molar-refractivity contribution is -0.385. The maximum atomic E-state index is 12.0. The van der Waals surface area contributed by atoms with Crippen molar-refractivity contribution in [3.8, 4) is 5.75 Å². The molecule has 0 saturated heterocycles. The summed E-state index contributed by atoms with van der Waals surface area (Å²) in [5.74, 6) is -0.549. The number of nitro groups is 1. The molecule has 126 valence electrons. The number of nitrogens with zero attached hydrogens (tertiary/aromatic N) is 1. The molecule has 0 atom stereocenters. The van der Waals surface area contributed by atoms with Gasteiger partial charge < -0.3 is 4.74 Å². The summed E-state index contributed by atoms with van der Waals surface area (Å²) in [5, 5.41) is 13.1. The highest BCUT2D eigenvalue weighted by Crippen LogP contribution is 2.44. The number of halogens is 5. The van der Waals surface area contributed by atoms with E-state index < -0.39 is 27.5 Å². The van der Waals surface area contributed by atoms with Gasteiger partial charge in [0.25, 0.3) is 0 Å². The van der Waals surface area contributed by atoms with E-state index in [9.17, 15) is 14.9 Å². The molecular formula is C13H5Cl5N2O4. The van der Waals surface area contributed by atoms with Crippen molar-refractivity contribution in [3.05, 3.63) is 59.5 Å². The molecule has 0 aliphatic heterocycles. The highest BCUT2D eigenvalue weighted by molar-refractivity contribution is 6.45. The predicted octanol–water partition coefficient (Wildman–Crippen LogP) is 6.47. The molecule has 2 rings (SSSR count). The van der Waals surface area contributed by atoms with Crippen LogP contribution in [0.3, 0.4) is 0 Å². The van der Waals surface area contributed by atoms with E-state index in [0.717, 1.165) is 6.07 Å². The molecule has 0 aliphatic carbocycles. The molecule has 0 fully saturated rings. The normalized spacial score (nSPS) is 10.4. The summed E-state index contributed by atoms with van der Waals surface area (Å²) in [7, 11) is 0. The van der Waals surface area contributed by atoms with Crippen LogP contribution < -0.4 is 10.1 Å². The molecule has 0 radical (unpaired) electrons. The number of carbonyl (C=O) groups is 1. The number of amides is 1. The molecule has 0 bridgehead atoms. The van der Waals surface area contributed by atoms with E-state index in [1.807, 2.05) is 0 Å². The predicted molar refractivity (Wildman–Crippen MR) is 94.2 cm³/mol. The van der Waals surface area contributed by atoms with Gasteiger partial charge in [-0.3, -0.25) is 15.4 Å². The zero-order valence-corrected chi connectivity index (χ0v) is 15.1. The third-order valence-electron chi connectivity index (χ3n) is 2.65. The minimum absolute atomic E-state index is 0.146. The van der Waals surface area contributed by atoms with E-state index in [1.54, 1.807) is 0 Å². The van der Waals surface area contributed by atoms with Crippen molar-refractivity contribution in [1.29, 1.82) is 0 Å². The van der Waals surface area contributed by atoms with Crippen molar-refractivity contribution in [2.45, 2.75) is 0 Å². The fraction of sp³-hybridized carbons (Fsp3) is 0. The van der Waals surface area contributed by atoms with E-state index in [-0.39, 0.29) is 20.8 Å². The Labute approximate surface area is 160 Å². The topological polar surface area (TPSA) is 81.5 Å². The Bertz CT molecular complexity index is 844. The van der Waals surface area contributed by atoms with Gasteiger partial charge in [-0.1, -0.05) is 58.0 Å². The minimum atomic E-state index is -1.08. The molecule has 0 heterocycles. The van der Waals surface area contributed by atoms with E-state index in [2.05, 4.69) is 5.32 Å². The molecule has 11 heteroatoms. The lowest BCUT2D eigenvalue weighted by atomic mass is 10.3. The molecule has 1 amide bonds. The van der Waals surface area contributed by atoms with Gasteiger partial charge in [0.2, 0.25) is 5.75 Å². The monoisotopic (exact) mass is 428 g/mol. The summed E-state index contributed by atoms with van der Waals surface area (Å²) < 4.78 is 4.90. The maximum Gasteiger partial charge on any atom is 0.417 e.